The summed E-state index contributed by atoms with van der Waals surface area (Å²) in [6, 6.07) is 8.96. The van der Waals surface area contributed by atoms with E-state index in [1.165, 1.54) is 0 Å². The van der Waals surface area contributed by atoms with E-state index >= 15 is 0 Å². The Hall–Kier alpha value is -0.100. The molecule has 1 aromatic rings. The van der Waals surface area contributed by atoms with Crippen LogP contribution in [0.5, 0.6) is 0 Å². The van der Waals surface area contributed by atoms with Gasteiger partial charge in [0, 0.05) is 0 Å². The fraction of sp³-hybridized carbons (Fsp3) is 0. The summed E-state index contributed by atoms with van der Waals surface area (Å²) in [6.07, 6.45) is 0. The van der Waals surface area contributed by atoms with Crippen LogP contribution in [0.15, 0.2) is 30.3 Å². The molecule has 9 heavy (non-hydrogen) atoms. The smallest absolute Gasteiger partial charge is 0.0241 e. The van der Waals surface area contributed by atoms with Crippen LogP contribution in [-0.4, -0.2) is 0 Å². The van der Waals surface area contributed by atoms with E-state index in [0.717, 1.165) is 0 Å². The molecule has 0 radical (unpaired) electrons. The molecule has 0 heterocycles. The van der Waals surface area contributed by atoms with Crippen LogP contribution in [0, 0.1) is 0 Å². The monoisotopic (exact) mass is 159 g/mol. The fourth-order valence-corrected chi connectivity index (χ4v) is 1.29. The largest absolute Gasteiger partial charge is 0.814 e. The summed E-state index contributed by atoms with van der Waals surface area (Å²) in [5.74, 6) is 0. The Bertz CT molecular complexity index is 176. The standard InChI is InChI=1S/C6H5ClOP/c7-9(8)6-4-2-1-3-5-6/h1-5H/q-1. The Morgan fingerprint density at radius 2 is 1.78 bits per heavy atom. The van der Waals surface area contributed by atoms with E-state index < -0.39 is 7.50 Å². The van der Waals surface area contributed by atoms with Gasteiger partial charge in [-0.15, -0.1) is 11.2 Å². The van der Waals surface area contributed by atoms with E-state index in [1.54, 1.807) is 12.1 Å². The van der Waals surface area contributed by atoms with Crippen molar-refractivity contribution in [3.8, 4) is 0 Å². The van der Waals surface area contributed by atoms with Crippen LogP contribution in [0.25, 0.3) is 0 Å². The first-order valence-corrected chi connectivity index (χ1v) is 4.65. The van der Waals surface area contributed by atoms with Gasteiger partial charge in [-0.3, -0.25) is 0 Å². The second-order valence-electron chi connectivity index (χ2n) is 1.58. The molecule has 0 spiro atoms. The average Bonchev–Trinajstić information content (AvgIpc) is 1.90. The van der Waals surface area contributed by atoms with Gasteiger partial charge in [-0.05, 0) is 5.30 Å². The van der Waals surface area contributed by atoms with Crippen LogP contribution in [0.3, 0.4) is 0 Å². The molecular weight excluding hydrogens is 154 g/mol. The van der Waals surface area contributed by atoms with Gasteiger partial charge in [0.1, 0.15) is 0 Å². The van der Waals surface area contributed by atoms with Crippen molar-refractivity contribution in [1.29, 1.82) is 0 Å². The van der Waals surface area contributed by atoms with E-state index in [1.807, 2.05) is 18.2 Å². The molecular formula is C6H5ClOP-. The SMILES string of the molecule is [O-]P(Cl)c1ccccc1. The lowest BCUT2D eigenvalue weighted by molar-refractivity contribution is -0.151. The van der Waals surface area contributed by atoms with E-state index in [4.69, 9.17) is 11.2 Å². The lowest BCUT2D eigenvalue weighted by Gasteiger charge is -2.12. The van der Waals surface area contributed by atoms with Crippen molar-refractivity contribution in [3.05, 3.63) is 30.3 Å². The maximum absolute atomic E-state index is 10.6. The van der Waals surface area contributed by atoms with Gasteiger partial charge in [-0.25, -0.2) is 0 Å². The summed E-state index contributed by atoms with van der Waals surface area (Å²) in [4.78, 5) is 10.6. The Morgan fingerprint density at radius 3 is 2.11 bits per heavy atom. The molecule has 0 amide bonds. The molecule has 0 aliphatic rings. The molecule has 1 atom stereocenters. The molecule has 48 valence electrons. The quantitative estimate of drug-likeness (QED) is 0.565. The van der Waals surface area contributed by atoms with E-state index in [0.29, 0.717) is 5.30 Å². The molecule has 0 aliphatic heterocycles. The Morgan fingerprint density at radius 1 is 1.22 bits per heavy atom. The molecule has 0 bridgehead atoms. The van der Waals surface area contributed by atoms with Gasteiger partial charge in [0.25, 0.3) is 0 Å². The highest BCUT2D eigenvalue weighted by Crippen LogP contribution is 2.28. The van der Waals surface area contributed by atoms with E-state index in [2.05, 4.69) is 0 Å². The predicted molar refractivity (Wildman–Crippen MR) is 38.8 cm³/mol. The Labute approximate surface area is 59.9 Å². The number of hydrogen-bond donors (Lipinski definition) is 0. The highest BCUT2D eigenvalue weighted by molar-refractivity contribution is 7.84. The minimum absolute atomic E-state index is 0.689. The highest BCUT2D eigenvalue weighted by Gasteiger charge is 1.88. The van der Waals surface area contributed by atoms with Crippen molar-refractivity contribution in [2.75, 3.05) is 0 Å². The summed E-state index contributed by atoms with van der Waals surface area (Å²) in [6.45, 7) is 0. The van der Waals surface area contributed by atoms with E-state index in [-0.39, 0.29) is 0 Å². The Kier molecular flexibility index (Phi) is 2.47. The minimum Gasteiger partial charge on any atom is -0.814 e. The zero-order valence-electron chi connectivity index (χ0n) is 4.62. The van der Waals surface area contributed by atoms with Gasteiger partial charge in [0.15, 0.2) is 0 Å². The van der Waals surface area contributed by atoms with Gasteiger partial charge >= 0.3 is 0 Å². The molecule has 1 nitrogen and oxygen atoms in total. The zero-order chi connectivity index (χ0) is 6.69. The van der Waals surface area contributed by atoms with Crippen molar-refractivity contribution >= 4 is 24.0 Å². The van der Waals surface area contributed by atoms with Gasteiger partial charge in [0.2, 0.25) is 0 Å². The first kappa shape index (κ1) is 7.01. The lowest BCUT2D eigenvalue weighted by Crippen LogP contribution is -2.04. The van der Waals surface area contributed by atoms with Gasteiger partial charge in [-0.2, -0.15) is 0 Å². The molecule has 0 aromatic heterocycles. The van der Waals surface area contributed by atoms with Crippen molar-refractivity contribution in [3.63, 3.8) is 0 Å². The van der Waals surface area contributed by atoms with Crippen LogP contribution in [0.4, 0.5) is 0 Å². The van der Waals surface area contributed by atoms with Crippen molar-refractivity contribution in [2.45, 2.75) is 0 Å². The summed E-state index contributed by atoms with van der Waals surface area (Å²) in [5, 5.41) is 0.689. The third kappa shape index (κ3) is 1.94. The maximum atomic E-state index is 10.6. The topological polar surface area (TPSA) is 23.1 Å². The van der Waals surface area contributed by atoms with Crippen molar-refractivity contribution in [1.82, 2.24) is 0 Å². The summed E-state index contributed by atoms with van der Waals surface area (Å²) in [5.41, 5.74) is 0. The maximum Gasteiger partial charge on any atom is -0.0241 e. The third-order valence-corrected chi connectivity index (χ3v) is 2.25. The summed E-state index contributed by atoms with van der Waals surface area (Å²) >= 11 is 5.31. The molecule has 0 saturated carbocycles. The first-order valence-electron chi connectivity index (χ1n) is 2.49. The Balaban J connectivity index is 2.85. The number of halogens is 1. The van der Waals surface area contributed by atoms with Crippen molar-refractivity contribution < 1.29 is 4.89 Å². The van der Waals surface area contributed by atoms with Crippen LogP contribution in [0.2, 0.25) is 0 Å². The van der Waals surface area contributed by atoms with E-state index in [9.17, 15) is 4.89 Å². The molecule has 0 fully saturated rings. The number of benzene rings is 1. The lowest BCUT2D eigenvalue weighted by atomic mass is 10.4. The van der Waals surface area contributed by atoms with Crippen LogP contribution < -0.4 is 10.2 Å². The van der Waals surface area contributed by atoms with Gasteiger partial charge in [0.05, 0.1) is 0 Å². The number of rotatable bonds is 1. The van der Waals surface area contributed by atoms with Crippen molar-refractivity contribution in [2.24, 2.45) is 0 Å². The molecule has 0 N–H and O–H groups in total. The molecule has 1 aromatic carbocycles. The second-order valence-corrected chi connectivity index (χ2v) is 3.51. The fourth-order valence-electron chi connectivity index (χ4n) is 0.545. The van der Waals surface area contributed by atoms with Gasteiger partial charge in [-0.1, -0.05) is 37.8 Å². The van der Waals surface area contributed by atoms with Gasteiger partial charge < -0.3 is 4.89 Å². The molecule has 3 heteroatoms. The summed E-state index contributed by atoms with van der Waals surface area (Å²) in [7, 11) is -1.67. The predicted octanol–water partition coefficient (Wildman–Crippen LogP) is 1.22. The average molecular weight is 160 g/mol. The summed E-state index contributed by atoms with van der Waals surface area (Å²) < 4.78 is 0. The normalized spacial score (nSPS) is 13.1. The highest BCUT2D eigenvalue weighted by atomic mass is 35.7. The first-order chi connectivity index (χ1) is 4.30. The molecule has 0 aliphatic carbocycles. The van der Waals surface area contributed by atoms with Crippen LogP contribution >= 0.6 is 18.7 Å². The molecule has 0 saturated heterocycles. The molecule has 1 rings (SSSR count). The van der Waals surface area contributed by atoms with Crippen LogP contribution in [-0.2, 0) is 0 Å². The number of hydrogen-bond acceptors (Lipinski definition) is 1. The third-order valence-electron chi connectivity index (χ3n) is 0.959. The minimum atomic E-state index is -1.67. The second kappa shape index (κ2) is 3.17. The van der Waals surface area contributed by atoms with Crippen LogP contribution in [0.1, 0.15) is 0 Å². The zero-order valence-corrected chi connectivity index (χ0v) is 6.27. The molecule has 1 unspecified atom stereocenters.